The van der Waals surface area contributed by atoms with Crippen LogP contribution in [-0.4, -0.2) is 43.3 Å². The van der Waals surface area contributed by atoms with Crippen LogP contribution in [0.2, 0.25) is 0 Å². The van der Waals surface area contributed by atoms with Crippen molar-refractivity contribution in [3.8, 4) is 5.69 Å². The number of aliphatic hydroxyl groups is 2. The molecule has 3 N–H and O–H groups in total. The van der Waals surface area contributed by atoms with Gasteiger partial charge in [-0.1, -0.05) is 6.08 Å². The molecule has 1 heterocycles. The molecule has 0 aliphatic heterocycles. The summed E-state index contributed by atoms with van der Waals surface area (Å²) in [4.78, 5) is 10.6. The Morgan fingerprint density at radius 1 is 1.22 bits per heavy atom. The number of rotatable bonds is 7. The molecule has 0 saturated heterocycles. The number of aryl methyl sites for hydroxylation is 1. The Labute approximate surface area is 156 Å². The molecule has 1 aromatic carbocycles. The Morgan fingerprint density at radius 2 is 1.93 bits per heavy atom. The second-order valence-corrected chi connectivity index (χ2v) is 6.82. The van der Waals surface area contributed by atoms with E-state index in [-0.39, 0.29) is 12.2 Å². The van der Waals surface area contributed by atoms with Crippen LogP contribution in [0.15, 0.2) is 30.3 Å². The molecule has 0 fully saturated rings. The van der Waals surface area contributed by atoms with E-state index in [2.05, 4.69) is 5.10 Å². The van der Waals surface area contributed by atoms with Crippen molar-refractivity contribution >= 4 is 12.0 Å². The van der Waals surface area contributed by atoms with E-state index in [9.17, 15) is 19.4 Å². The summed E-state index contributed by atoms with van der Waals surface area (Å²) >= 11 is 0. The number of fused-ring (bicyclic) bond motifs is 1. The van der Waals surface area contributed by atoms with E-state index in [0.717, 1.165) is 48.3 Å². The number of aliphatic carboxylic acids is 1. The lowest BCUT2D eigenvalue weighted by Crippen LogP contribution is -2.19. The first kappa shape index (κ1) is 19.3. The smallest absolute Gasteiger partial charge is 0.305 e. The third-order valence-corrected chi connectivity index (χ3v) is 4.67. The van der Waals surface area contributed by atoms with Crippen molar-refractivity contribution in [1.82, 2.24) is 9.78 Å². The average Bonchev–Trinajstić information content (AvgIpc) is 2.98. The van der Waals surface area contributed by atoms with Crippen molar-refractivity contribution in [2.45, 2.75) is 50.7 Å². The first-order valence-corrected chi connectivity index (χ1v) is 9.07. The summed E-state index contributed by atoms with van der Waals surface area (Å²) < 4.78 is 15.0. The Balaban J connectivity index is 1.86. The quantitative estimate of drug-likeness (QED) is 0.692. The average molecular weight is 374 g/mol. The predicted octanol–water partition coefficient (Wildman–Crippen LogP) is 2.49. The largest absolute Gasteiger partial charge is 0.481 e. The molecule has 0 radical (unpaired) electrons. The van der Waals surface area contributed by atoms with Crippen molar-refractivity contribution in [2.75, 3.05) is 0 Å². The number of aliphatic hydroxyl groups excluding tert-OH is 2. The van der Waals surface area contributed by atoms with E-state index in [1.165, 1.54) is 18.2 Å². The molecule has 2 aromatic rings. The fourth-order valence-corrected chi connectivity index (χ4v) is 3.37. The summed E-state index contributed by atoms with van der Waals surface area (Å²) in [6.07, 6.45) is 4.62. The van der Waals surface area contributed by atoms with Crippen molar-refractivity contribution in [2.24, 2.45) is 0 Å². The van der Waals surface area contributed by atoms with E-state index in [4.69, 9.17) is 5.11 Å². The molecule has 2 atom stereocenters. The zero-order valence-electron chi connectivity index (χ0n) is 14.9. The molecule has 6 nitrogen and oxygen atoms in total. The molecule has 0 saturated carbocycles. The normalized spacial score (nSPS) is 16.3. The van der Waals surface area contributed by atoms with E-state index in [1.807, 2.05) is 0 Å². The minimum atomic E-state index is -1.11. The number of nitrogens with zero attached hydrogens (tertiary/aromatic N) is 2. The summed E-state index contributed by atoms with van der Waals surface area (Å²) in [6.45, 7) is 0. The molecule has 1 aromatic heterocycles. The van der Waals surface area contributed by atoms with Crippen LogP contribution in [0.4, 0.5) is 4.39 Å². The van der Waals surface area contributed by atoms with Crippen LogP contribution < -0.4 is 0 Å². The third kappa shape index (κ3) is 4.81. The molecular weight excluding hydrogens is 351 g/mol. The zero-order valence-corrected chi connectivity index (χ0v) is 14.9. The number of hydrogen-bond donors (Lipinski definition) is 3. The molecule has 1 aliphatic carbocycles. The molecule has 27 heavy (non-hydrogen) atoms. The fraction of sp³-hybridized carbons (Fsp3) is 0.400. The van der Waals surface area contributed by atoms with Crippen LogP contribution in [0, 0.1) is 5.82 Å². The molecular formula is C20H23FN2O4. The summed E-state index contributed by atoms with van der Waals surface area (Å²) in [7, 11) is 0. The highest BCUT2D eigenvalue weighted by atomic mass is 19.1. The maximum atomic E-state index is 13.3. The highest BCUT2D eigenvalue weighted by molar-refractivity contribution is 5.67. The first-order valence-electron chi connectivity index (χ1n) is 9.07. The number of carbonyl (C=O) groups is 1. The van der Waals surface area contributed by atoms with Crippen molar-refractivity contribution in [1.29, 1.82) is 0 Å². The highest BCUT2D eigenvalue weighted by Gasteiger charge is 2.20. The van der Waals surface area contributed by atoms with E-state index < -0.39 is 24.6 Å². The van der Waals surface area contributed by atoms with E-state index in [0.29, 0.717) is 0 Å². The van der Waals surface area contributed by atoms with Gasteiger partial charge >= 0.3 is 5.97 Å². The number of benzene rings is 1. The Bertz CT molecular complexity index is 829. The summed E-state index contributed by atoms with van der Waals surface area (Å²) in [6, 6.07) is 6.05. The van der Waals surface area contributed by atoms with Gasteiger partial charge in [-0.05, 0) is 56.0 Å². The van der Waals surface area contributed by atoms with Crippen molar-refractivity contribution in [3.63, 3.8) is 0 Å². The molecule has 1 aliphatic rings. The Morgan fingerprint density at radius 3 is 2.63 bits per heavy atom. The minimum Gasteiger partial charge on any atom is -0.481 e. The molecule has 3 rings (SSSR count). The van der Waals surface area contributed by atoms with Gasteiger partial charge in [0.15, 0.2) is 0 Å². The zero-order chi connectivity index (χ0) is 19.4. The lowest BCUT2D eigenvalue weighted by atomic mass is 9.95. The van der Waals surface area contributed by atoms with E-state index >= 15 is 0 Å². The number of carboxylic acids is 1. The summed E-state index contributed by atoms with van der Waals surface area (Å²) in [5.41, 5.74) is 3.67. The molecule has 0 bridgehead atoms. The summed E-state index contributed by atoms with van der Waals surface area (Å²) in [5.74, 6) is -1.43. The maximum Gasteiger partial charge on any atom is 0.305 e. The minimum absolute atomic E-state index is 0.0598. The lowest BCUT2D eigenvalue weighted by Gasteiger charge is -2.12. The SMILES string of the molecule is O=C(O)C[C@@H](O)C[C@@H](O)/C=C/c1c2c(nn1-c1ccc(F)cc1)CCCC2. The topological polar surface area (TPSA) is 95.6 Å². The number of hydrogen-bond acceptors (Lipinski definition) is 4. The van der Waals surface area contributed by atoms with Gasteiger partial charge < -0.3 is 15.3 Å². The maximum absolute atomic E-state index is 13.3. The highest BCUT2D eigenvalue weighted by Crippen LogP contribution is 2.27. The molecule has 7 heteroatoms. The Hall–Kier alpha value is -2.51. The van der Waals surface area contributed by atoms with E-state index in [1.54, 1.807) is 22.9 Å². The molecule has 0 amide bonds. The third-order valence-electron chi connectivity index (χ3n) is 4.67. The van der Waals surface area contributed by atoms with Gasteiger partial charge in [0.25, 0.3) is 0 Å². The van der Waals surface area contributed by atoms with Gasteiger partial charge in [0.05, 0.1) is 35.7 Å². The van der Waals surface area contributed by atoms with Gasteiger partial charge in [0, 0.05) is 12.0 Å². The van der Waals surface area contributed by atoms with Gasteiger partial charge in [0.2, 0.25) is 0 Å². The Kier molecular flexibility index (Phi) is 6.03. The second kappa shape index (κ2) is 8.45. The predicted molar refractivity (Wildman–Crippen MR) is 98.1 cm³/mol. The van der Waals surface area contributed by atoms with Crippen molar-refractivity contribution in [3.05, 3.63) is 53.1 Å². The standard InChI is InChI=1S/C20H23FN2O4/c21-13-5-7-14(8-6-13)23-19(17-3-1-2-4-18(17)22-23)10-9-15(24)11-16(25)12-20(26)27/h5-10,15-16,24-25H,1-4,11-12H2,(H,26,27)/b10-9+/t15-,16-/m0/s1. The molecule has 0 spiro atoms. The lowest BCUT2D eigenvalue weighted by molar-refractivity contribution is -0.139. The van der Waals surface area contributed by atoms with Crippen LogP contribution >= 0.6 is 0 Å². The van der Waals surface area contributed by atoms with Gasteiger partial charge in [-0.3, -0.25) is 4.79 Å². The molecule has 0 unspecified atom stereocenters. The van der Waals surface area contributed by atoms with Crippen molar-refractivity contribution < 1.29 is 24.5 Å². The number of carboxylic acid groups (broad SMARTS) is 1. The second-order valence-electron chi connectivity index (χ2n) is 6.82. The van der Waals surface area contributed by atoms with Crippen LogP contribution in [0.25, 0.3) is 11.8 Å². The summed E-state index contributed by atoms with van der Waals surface area (Å²) in [5, 5.41) is 33.1. The first-order chi connectivity index (χ1) is 12.9. The van der Waals surface area contributed by atoms with Gasteiger partial charge in [-0.25, -0.2) is 9.07 Å². The fourth-order valence-electron chi connectivity index (χ4n) is 3.37. The van der Waals surface area contributed by atoms with Crippen LogP contribution in [0.1, 0.15) is 42.6 Å². The monoisotopic (exact) mass is 374 g/mol. The van der Waals surface area contributed by atoms with Crippen LogP contribution in [0.3, 0.4) is 0 Å². The molecule has 144 valence electrons. The number of aromatic nitrogens is 2. The van der Waals surface area contributed by atoms with Gasteiger partial charge in [-0.15, -0.1) is 0 Å². The van der Waals surface area contributed by atoms with Gasteiger partial charge in [-0.2, -0.15) is 5.10 Å². The number of halogens is 1. The van der Waals surface area contributed by atoms with Gasteiger partial charge in [0.1, 0.15) is 5.82 Å². The van der Waals surface area contributed by atoms with Crippen LogP contribution in [-0.2, 0) is 17.6 Å². The van der Waals surface area contributed by atoms with Crippen LogP contribution in [0.5, 0.6) is 0 Å².